The Balaban J connectivity index is 1.12. The van der Waals surface area contributed by atoms with Gasteiger partial charge in [0.1, 0.15) is 0 Å². The first kappa shape index (κ1) is 15.9. The van der Waals surface area contributed by atoms with Crippen molar-refractivity contribution in [3.63, 3.8) is 0 Å². The summed E-state index contributed by atoms with van der Waals surface area (Å²) in [5.41, 5.74) is 2.27. The average molecular weight is 353 g/mol. The molecule has 26 heavy (non-hydrogen) atoms. The average Bonchev–Trinajstić information content (AvgIpc) is 2.98. The summed E-state index contributed by atoms with van der Waals surface area (Å²) in [6.07, 6.45) is 6.14. The summed E-state index contributed by atoms with van der Waals surface area (Å²) in [5, 5.41) is 16.4. The Labute approximate surface area is 152 Å². The predicted molar refractivity (Wildman–Crippen MR) is 94.9 cm³/mol. The van der Waals surface area contributed by atoms with Gasteiger partial charge in [0.15, 0.2) is 0 Å². The third-order valence-electron chi connectivity index (χ3n) is 6.33. The van der Waals surface area contributed by atoms with Gasteiger partial charge in [-0.15, -0.1) is 0 Å². The van der Waals surface area contributed by atoms with Crippen LogP contribution >= 0.6 is 0 Å². The van der Waals surface area contributed by atoms with Crippen LogP contribution in [0.3, 0.4) is 0 Å². The number of aromatic nitrogens is 2. The summed E-state index contributed by atoms with van der Waals surface area (Å²) in [6, 6.07) is 12.8. The largest absolute Gasteiger partial charge is 0.465 e. The van der Waals surface area contributed by atoms with Crippen LogP contribution in [0.2, 0.25) is 0 Å². The molecule has 2 aromatic rings. The topological polar surface area (TPSA) is 76.4 Å². The van der Waals surface area contributed by atoms with Gasteiger partial charge in [0.05, 0.1) is 24.4 Å². The molecule has 0 spiro atoms. The summed E-state index contributed by atoms with van der Waals surface area (Å²) < 4.78 is 8.05. The van der Waals surface area contributed by atoms with Crippen molar-refractivity contribution in [3.05, 3.63) is 53.9 Å². The molecule has 4 fully saturated rings. The van der Waals surface area contributed by atoms with E-state index in [9.17, 15) is 4.79 Å². The van der Waals surface area contributed by atoms with Crippen LogP contribution in [0.15, 0.2) is 42.6 Å². The monoisotopic (exact) mass is 353 g/mol. The predicted octanol–water partition coefficient (Wildman–Crippen LogP) is 3.25. The molecule has 0 unspecified atom stereocenters. The number of amides is 1. The number of hydrogen-bond donors (Lipinski definition) is 2. The van der Waals surface area contributed by atoms with E-state index >= 15 is 0 Å². The SMILES string of the molecule is O=C(O)NC12CC(c3ccn([C@H]4C[C@@H](OCc5ccccc5)C4)n3)(C1)C2. The lowest BCUT2D eigenvalue weighted by molar-refractivity contribution is -0.0858. The normalized spacial score (nSPS) is 34.3. The van der Waals surface area contributed by atoms with Gasteiger partial charge in [-0.05, 0) is 43.7 Å². The number of rotatable bonds is 6. The summed E-state index contributed by atoms with van der Waals surface area (Å²) in [6.45, 7) is 0.671. The molecule has 136 valence electrons. The molecule has 0 radical (unpaired) electrons. The third kappa shape index (κ3) is 2.51. The summed E-state index contributed by atoms with van der Waals surface area (Å²) in [4.78, 5) is 10.8. The van der Waals surface area contributed by atoms with E-state index in [-0.39, 0.29) is 11.0 Å². The van der Waals surface area contributed by atoms with E-state index in [1.54, 1.807) is 0 Å². The highest BCUT2D eigenvalue weighted by Gasteiger charge is 2.70. The van der Waals surface area contributed by atoms with E-state index < -0.39 is 6.09 Å². The number of hydrogen-bond acceptors (Lipinski definition) is 3. The number of carbonyl (C=O) groups is 1. The minimum atomic E-state index is -0.917. The highest BCUT2D eigenvalue weighted by atomic mass is 16.5. The lowest BCUT2D eigenvalue weighted by Crippen LogP contribution is -2.76. The summed E-state index contributed by atoms with van der Waals surface area (Å²) in [5.74, 6) is 0. The lowest BCUT2D eigenvalue weighted by atomic mass is 9.38. The van der Waals surface area contributed by atoms with E-state index in [1.807, 2.05) is 18.2 Å². The van der Waals surface area contributed by atoms with Crippen molar-refractivity contribution in [1.82, 2.24) is 15.1 Å². The molecule has 1 heterocycles. The number of benzene rings is 1. The number of nitrogens with zero attached hydrogens (tertiary/aromatic N) is 2. The Morgan fingerprint density at radius 1 is 1.23 bits per heavy atom. The van der Waals surface area contributed by atoms with Gasteiger partial charge in [-0.3, -0.25) is 4.68 Å². The molecule has 4 aliphatic rings. The zero-order valence-corrected chi connectivity index (χ0v) is 14.6. The van der Waals surface area contributed by atoms with Crippen LogP contribution < -0.4 is 5.32 Å². The zero-order valence-electron chi connectivity index (χ0n) is 14.6. The van der Waals surface area contributed by atoms with Crippen LogP contribution in [0.1, 0.15) is 49.4 Å². The molecule has 4 aliphatic carbocycles. The van der Waals surface area contributed by atoms with Crippen molar-refractivity contribution in [2.45, 2.75) is 61.8 Å². The molecule has 2 N–H and O–H groups in total. The van der Waals surface area contributed by atoms with Gasteiger partial charge in [0.25, 0.3) is 0 Å². The lowest BCUT2D eigenvalue weighted by Gasteiger charge is -2.69. The number of nitrogens with one attached hydrogen (secondary N) is 1. The van der Waals surface area contributed by atoms with Crippen molar-refractivity contribution in [2.24, 2.45) is 0 Å². The first-order valence-corrected chi connectivity index (χ1v) is 9.28. The Kier molecular flexibility index (Phi) is 3.41. The molecule has 1 aromatic carbocycles. The van der Waals surface area contributed by atoms with Crippen molar-refractivity contribution in [2.75, 3.05) is 0 Å². The van der Waals surface area contributed by atoms with Crippen molar-refractivity contribution < 1.29 is 14.6 Å². The fourth-order valence-electron chi connectivity index (χ4n) is 4.92. The van der Waals surface area contributed by atoms with E-state index in [1.165, 1.54) is 5.56 Å². The van der Waals surface area contributed by atoms with Crippen LogP contribution in [0.5, 0.6) is 0 Å². The first-order chi connectivity index (χ1) is 12.6. The maximum absolute atomic E-state index is 10.8. The fraction of sp³-hybridized carbons (Fsp3) is 0.500. The molecule has 6 nitrogen and oxygen atoms in total. The zero-order chi connectivity index (χ0) is 17.8. The molecule has 4 saturated carbocycles. The van der Waals surface area contributed by atoms with Gasteiger partial charge in [-0.25, -0.2) is 4.79 Å². The van der Waals surface area contributed by atoms with E-state index in [2.05, 4.69) is 34.4 Å². The second kappa shape index (κ2) is 5.58. The van der Waals surface area contributed by atoms with Crippen LogP contribution in [-0.2, 0) is 16.8 Å². The van der Waals surface area contributed by atoms with Gasteiger partial charge in [-0.1, -0.05) is 30.3 Å². The minimum absolute atomic E-state index is 0.112. The fourth-order valence-corrected chi connectivity index (χ4v) is 4.92. The second-order valence-electron chi connectivity index (χ2n) is 8.25. The maximum Gasteiger partial charge on any atom is 0.405 e. The number of carboxylic acid groups (broad SMARTS) is 1. The van der Waals surface area contributed by atoms with Crippen LogP contribution in [0, 0.1) is 0 Å². The van der Waals surface area contributed by atoms with Gasteiger partial charge < -0.3 is 15.2 Å². The van der Waals surface area contributed by atoms with Gasteiger partial charge in [-0.2, -0.15) is 5.10 Å². The van der Waals surface area contributed by atoms with Crippen molar-refractivity contribution in [3.8, 4) is 0 Å². The Bertz CT molecular complexity index is 806. The second-order valence-corrected chi connectivity index (χ2v) is 8.25. The highest BCUT2D eigenvalue weighted by Crippen LogP contribution is 2.67. The molecule has 0 aliphatic heterocycles. The molecular weight excluding hydrogens is 330 g/mol. The minimum Gasteiger partial charge on any atom is -0.465 e. The molecule has 0 saturated heterocycles. The quantitative estimate of drug-likeness (QED) is 0.836. The molecular formula is C20H23N3O3. The first-order valence-electron chi connectivity index (χ1n) is 9.28. The van der Waals surface area contributed by atoms with E-state index in [0.717, 1.165) is 37.8 Å². The van der Waals surface area contributed by atoms with Crippen molar-refractivity contribution in [1.29, 1.82) is 0 Å². The molecule has 2 bridgehead atoms. The van der Waals surface area contributed by atoms with Gasteiger partial charge in [0.2, 0.25) is 0 Å². The van der Waals surface area contributed by atoms with Gasteiger partial charge >= 0.3 is 6.09 Å². The molecule has 0 atom stereocenters. The standard InChI is InChI=1S/C20H23N3O3/c24-18(25)21-20-11-19(12-20,13-20)17-6-7-23(22-17)15-8-16(9-15)26-10-14-4-2-1-3-5-14/h1-7,15-16,21H,8-13H2,(H,24,25)/t15-,16+,19?,20?. The highest BCUT2D eigenvalue weighted by molar-refractivity contribution is 5.67. The number of ether oxygens (including phenoxy) is 1. The van der Waals surface area contributed by atoms with Gasteiger partial charge in [0, 0.05) is 17.2 Å². The van der Waals surface area contributed by atoms with Crippen LogP contribution in [0.25, 0.3) is 0 Å². The molecule has 1 amide bonds. The van der Waals surface area contributed by atoms with E-state index in [4.69, 9.17) is 14.9 Å². The Hall–Kier alpha value is -2.34. The maximum atomic E-state index is 10.8. The van der Waals surface area contributed by atoms with E-state index in [0.29, 0.717) is 18.8 Å². The molecule has 6 heteroatoms. The Morgan fingerprint density at radius 2 is 1.96 bits per heavy atom. The van der Waals surface area contributed by atoms with Crippen molar-refractivity contribution >= 4 is 6.09 Å². The van der Waals surface area contributed by atoms with Crippen LogP contribution in [-0.4, -0.2) is 32.6 Å². The smallest absolute Gasteiger partial charge is 0.405 e. The molecule has 1 aromatic heterocycles. The van der Waals surface area contributed by atoms with Crippen LogP contribution in [0.4, 0.5) is 4.79 Å². The third-order valence-corrected chi connectivity index (χ3v) is 6.33. The molecule has 6 rings (SSSR count). The Morgan fingerprint density at radius 3 is 2.65 bits per heavy atom. The summed E-state index contributed by atoms with van der Waals surface area (Å²) in [7, 11) is 0. The summed E-state index contributed by atoms with van der Waals surface area (Å²) >= 11 is 0.